The largest absolute Gasteiger partial charge is 0.366 e. The highest BCUT2D eigenvalue weighted by molar-refractivity contribution is 6.03. The van der Waals surface area contributed by atoms with Crippen molar-refractivity contribution in [2.24, 2.45) is 17.8 Å². The van der Waals surface area contributed by atoms with Crippen LogP contribution in [0.1, 0.15) is 80.4 Å². The number of hydrogen-bond acceptors (Lipinski definition) is 7. The summed E-state index contributed by atoms with van der Waals surface area (Å²) in [6, 6.07) is 7.14. The van der Waals surface area contributed by atoms with Crippen molar-refractivity contribution in [1.29, 1.82) is 0 Å². The monoisotopic (exact) mass is 665 g/mol. The topological polar surface area (TPSA) is 170 Å². The van der Waals surface area contributed by atoms with E-state index in [1.165, 1.54) is 5.70 Å². The summed E-state index contributed by atoms with van der Waals surface area (Å²) in [5.41, 5.74) is 12.1. The number of aldehydes is 1. The number of aryl methyl sites for hydroxylation is 5. The number of rotatable bonds is 14. The van der Waals surface area contributed by atoms with Crippen molar-refractivity contribution >= 4 is 41.0 Å². The number of nitrogens with two attached hydrogens (primary N) is 1. The van der Waals surface area contributed by atoms with Crippen LogP contribution in [0.25, 0.3) is 11.0 Å². The molecule has 4 heterocycles. The van der Waals surface area contributed by atoms with Gasteiger partial charge in [0.15, 0.2) is 12.2 Å². The molecule has 3 aromatic heterocycles. The number of carbonyl (C=O) groups excluding carboxylic acids is 3. The Morgan fingerprint density at radius 3 is 2.71 bits per heavy atom. The summed E-state index contributed by atoms with van der Waals surface area (Å²) >= 11 is 0. The minimum absolute atomic E-state index is 0.217. The number of anilines is 1. The number of guanidine groups is 1. The van der Waals surface area contributed by atoms with Crippen LogP contribution in [0.2, 0.25) is 0 Å². The molecule has 0 spiro atoms. The van der Waals surface area contributed by atoms with Crippen LogP contribution in [0, 0.1) is 13.8 Å². The van der Waals surface area contributed by atoms with Crippen LogP contribution < -0.4 is 16.4 Å². The van der Waals surface area contributed by atoms with Gasteiger partial charge in [0.1, 0.15) is 11.4 Å². The predicted molar refractivity (Wildman–Crippen MR) is 188 cm³/mol. The van der Waals surface area contributed by atoms with E-state index in [-0.39, 0.29) is 11.9 Å². The Labute approximate surface area is 284 Å². The van der Waals surface area contributed by atoms with Crippen LogP contribution in [-0.4, -0.2) is 77.7 Å². The standard InChI is InChI=1S/C35H43N11O3/c1-22-19-30(46(41-22)18-9-5-6-11-25-23(2)42-43(4)31(25)21-47)33(49)40-35-39-27-20-24(32(36)48)14-15-29(27)45(35)17-10-16-44-28-13-8-7-12-26(28)38-34(44)37-3/h7-8,13-15,19-21,26H,5-6,9-12,16-18H2,1-4H3,(H2,36,48)(H,37,38)(H,39,40,49). The van der Waals surface area contributed by atoms with Gasteiger partial charge in [-0.3, -0.25) is 34.1 Å². The average Bonchev–Trinajstić information content (AvgIpc) is 3.81. The number of imidazole rings is 1. The molecule has 0 radical (unpaired) electrons. The van der Waals surface area contributed by atoms with E-state index in [4.69, 9.17) is 10.7 Å². The third-order valence-corrected chi connectivity index (χ3v) is 9.17. The van der Waals surface area contributed by atoms with Gasteiger partial charge in [-0.25, -0.2) is 4.98 Å². The third-order valence-electron chi connectivity index (χ3n) is 9.17. The summed E-state index contributed by atoms with van der Waals surface area (Å²) in [4.78, 5) is 48.6. The second-order valence-electron chi connectivity index (χ2n) is 12.5. The van der Waals surface area contributed by atoms with E-state index in [1.807, 2.05) is 24.5 Å². The first-order chi connectivity index (χ1) is 23.7. The van der Waals surface area contributed by atoms with Gasteiger partial charge in [0.05, 0.1) is 28.5 Å². The Morgan fingerprint density at radius 1 is 1.10 bits per heavy atom. The Balaban J connectivity index is 1.15. The van der Waals surface area contributed by atoms with Crippen molar-refractivity contribution in [2.75, 3.05) is 18.9 Å². The van der Waals surface area contributed by atoms with Crippen LogP contribution in [0.3, 0.4) is 0 Å². The van der Waals surface area contributed by atoms with E-state index in [9.17, 15) is 14.4 Å². The third kappa shape index (κ3) is 6.89. The lowest BCUT2D eigenvalue weighted by Gasteiger charge is -2.21. The summed E-state index contributed by atoms with van der Waals surface area (Å²) in [5, 5.41) is 15.5. The van der Waals surface area contributed by atoms with E-state index in [1.54, 1.807) is 41.7 Å². The number of allylic oxidation sites excluding steroid dienone is 2. The van der Waals surface area contributed by atoms with Gasteiger partial charge in [-0.05, 0) is 76.3 Å². The number of aliphatic imine (C=N–C) groups is 1. The molecule has 1 saturated heterocycles. The molecule has 1 aromatic carbocycles. The van der Waals surface area contributed by atoms with Gasteiger partial charge < -0.3 is 20.5 Å². The molecule has 1 fully saturated rings. The first-order valence-corrected chi connectivity index (χ1v) is 16.7. The van der Waals surface area contributed by atoms with E-state index in [2.05, 4.69) is 49.0 Å². The van der Waals surface area contributed by atoms with Crippen molar-refractivity contribution < 1.29 is 14.4 Å². The highest BCUT2D eigenvalue weighted by Crippen LogP contribution is 2.26. The smallest absolute Gasteiger partial charge is 0.276 e. The van der Waals surface area contributed by atoms with Crippen molar-refractivity contribution in [3.05, 3.63) is 82.1 Å². The molecular weight excluding hydrogens is 622 g/mol. The molecule has 49 heavy (non-hydrogen) atoms. The summed E-state index contributed by atoms with van der Waals surface area (Å²) in [7, 11) is 3.57. The molecule has 4 aromatic rings. The Morgan fingerprint density at radius 2 is 1.94 bits per heavy atom. The quantitative estimate of drug-likeness (QED) is 0.135. The first kappa shape index (κ1) is 33.4. The van der Waals surface area contributed by atoms with Crippen molar-refractivity contribution in [3.8, 4) is 0 Å². The van der Waals surface area contributed by atoms with E-state index < -0.39 is 5.91 Å². The SMILES string of the molecule is CN=C1NC2CC=CC=C2N1CCCn1c(NC(=O)c2cc(C)nn2CCCCCc2c(C)nn(C)c2C=O)nc2cc(C(N)=O)ccc21. The fourth-order valence-corrected chi connectivity index (χ4v) is 6.78. The number of amides is 2. The van der Waals surface area contributed by atoms with Crippen LogP contribution in [0.5, 0.6) is 0 Å². The van der Waals surface area contributed by atoms with Crippen LogP contribution in [0.4, 0.5) is 5.95 Å². The van der Waals surface area contributed by atoms with E-state index in [0.29, 0.717) is 48.1 Å². The number of hydrogen-bond donors (Lipinski definition) is 3. The molecule has 6 rings (SSSR count). The van der Waals surface area contributed by atoms with Gasteiger partial charge >= 0.3 is 0 Å². The molecule has 14 heteroatoms. The van der Waals surface area contributed by atoms with Gasteiger partial charge in [0, 0.05) is 50.6 Å². The number of aromatic nitrogens is 6. The molecule has 0 saturated carbocycles. The molecule has 1 unspecified atom stereocenters. The fourth-order valence-electron chi connectivity index (χ4n) is 6.78. The number of nitrogens with zero attached hydrogens (tertiary/aromatic N) is 8. The van der Waals surface area contributed by atoms with Gasteiger partial charge in [0.2, 0.25) is 11.9 Å². The molecule has 2 amide bonds. The lowest BCUT2D eigenvalue weighted by molar-refractivity contribution is 0.0995. The Hall–Kier alpha value is -5.53. The van der Waals surface area contributed by atoms with Gasteiger partial charge in [-0.15, -0.1) is 0 Å². The maximum absolute atomic E-state index is 13.8. The minimum Gasteiger partial charge on any atom is -0.366 e. The number of primary amides is 1. The second-order valence-corrected chi connectivity index (χ2v) is 12.5. The second kappa shape index (κ2) is 14.3. The maximum atomic E-state index is 13.8. The molecule has 14 nitrogen and oxygen atoms in total. The van der Waals surface area contributed by atoms with E-state index in [0.717, 1.165) is 73.2 Å². The van der Waals surface area contributed by atoms with E-state index >= 15 is 0 Å². The zero-order valence-electron chi connectivity index (χ0n) is 28.4. The Bertz CT molecular complexity index is 1990. The number of benzene rings is 1. The molecule has 4 N–H and O–H groups in total. The predicted octanol–water partition coefficient (Wildman–Crippen LogP) is 3.65. The average molecular weight is 666 g/mol. The highest BCUT2D eigenvalue weighted by atomic mass is 16.2. The number of carbonyl (C=O) groups is 3. The van der Waals surface area contributed by atoms with Crippen molar-refractivity contribution in [3.63, 3.8) is 0 Å². The van der Waals surface area contributed by atoms with Crippen LogP contribution >= 0.6 is 0 Å². The molecule has 1 aliphatic carbocycles. The zero-order chi connectivity index (χ0) is 34.7. The maximum Gasteiger partial charge on any atom is 0.276 e. The lowest BCUT2D eigenvalue weighted by Crippen LogP contribution is -2.31. The van der Waals surface area contributed by atoms with Crippen LogP contribution in [0.15, 0.2) is 53.2 Å². The summed E-state index contributed by atoms with van der Waals surface area (Å²) in [5.74, 6) is 0.363. The normalized spacial score (nSPS) is 16.2. The van der Waals surface area contributed by atoms with Gasteiger partial charge in [-0.2, -0.15) is 10.2 Å². The lowest BCUT2D eigenvalue weighted by atomic mass is 10.1. The molecule has 1 aliphatic heterocycles. The van der Waals surface area contributed by atoms with Crippen LogP contribution in [-0.2, 0) is 26.6 Å². The molecular formula is C35H43N11O3. The minimum atomic E-state index is -0.543. The summed E-state index contributed by atoms with van der Waals surface area (Å²) in [6.07, 6.45) is 12.2. The molecule has 2 aliphatic rings. The van der Waals surface area contributed by atoms with Gasteiger partial charge in [0.25, 0.3) is 5.91 Å². The fraction of sp³-hybridized carbons (Fsp3) is 0.400. The van der Waals surface area contributed by atoms with Gasteiger partial charge in [-0.1, -0.05) is 18.6 Å². The molecule has 1 atom stereocenters. The van der Waals surface area contributed by atoms with Crippen molar-refractivity contribution in [2.45, 2.75) is 71.5 Å². The van der Waals surface area contributed by atoms with Crippen molar-refractivity contribution in [1.82, 2.24) is 39.3 Å². The molecule has 256 valence electrons. The summed E-state index contributed by atoms with van der Waals surface area (Å²) in [6.45, 7) is 5.63. The number of unbranched alkanes of at least 4 members (excludes halogenated alkanes) is 2. The zero-order valence-corrected chi connectivity index (χ0v) is 28.4. The first-order valence-electron chi connectivity index (χ1n) is 16.7. The summed E-state index contributed by atoms with van der Waals surface area (Å²) < 4.78 is 5.34. The molecule has 0 bridgehead atoms. The highest BCUT2D eigenvalue weighted by Gasteiger charge is 2.32. The number of fused-ring (bicyclic) bond motifs is 2. The Kier molecular flexibility index (Phi) is 9.74. The number of nitrogens with one attached hydrogen (secondary N) is 2.